The van der Waals surface area contributed by atoms with E-state index < -0.39 is 0 Å². The molecule has 3 fully saturated rings. The molecule has 0 aliphatic carbocycles. The largest absolute Gasteiger partial charge is 0.336 e. The van der Waals surface area contributed by atoms with Crippen molar-refractivity contribution in [3.8, 4) is 0 Å². The first-order valence-electron chi connectivity index (χ1n) is 9.39. The fraction of sp³-hybridized carbons (Fsp3) is 0.429. The van der Waals surface area contributed by atoms with Gasteiger partial charge in [-0.3, -0.25) is 14.7 Å². The number of rotatable bonds is 3. The summed E-state index contributed by atoms with van der Waals surface area (Å²) in [5, 5.41) is 0.729. The predicted molar refractivity (Wildman–Crippen MR) is 101 cm³/mol. The average molecular weight is 368 g/mol. The number of carbonyl (C=O) groups excluding carboxylic acids is 1. The maximum atomic E-state index is 13.5. The van der Waals surface area contributed by atoms with E-state index in [9.17, 15) is 4.79 Å². The quantitative estimate of drug-likeness (QED) is 0.830. The van der Waals surface area contributed by atoms with E-state index in [1.54, 1.807) is 0 Å². The van der Waals surface area contributed by atoms with Crippen LogP contribution >= 0.6 is 11.6 Å². The van der Waals surface area contributed by atoms with Crippen LogP contribution in [0, 0.1) is 5.92 Å². The average Bonchev–Trinajstić information content (AvgIpc) is 3.27. The molecule has 0 bridgehead atoms. The lowest BCUT2D eigenvalue weighted by Gasteiger charge is -2.33. The van der Waals surface area contributed by atoms with Crippen LogP contribution in [0.3, 0.4) is 0 Å². The highest BCUT2D eigenvalue weighted by Crippen LogP contribution is 2.56. The Morgan fingerprint density at radius 1 is 1.23 bits per heavy atom. The first kappa shape index (κ1) is 16.3. The lowest BCUT2D eigenvalue weighted by molar-refractivity contribution is -0.137. The zero-order valence-electron chi connectivity index (χ0n) is 14.6. The lowest BCUT2D eigenvalue weighted by atomic mass is 9.85. The number of amides is 1. The van der Waals surface area contributed by atoms with Crippen molar-refractivity contribution < 1.29 is 4.79 Å². The minimum absolute atomic E-state index is 0.285. The molecule has 3 atom stereocenters. The minimum Gasteiger partial charge on any atom is -0.336 e. The van der Waals surface area contributed by atoms with Crippen molar-refractivity contribution in [2.75, 3.05) is 13.1 Å². The molecule has 0 radical (unpaired) electrons. The Hall–Kier alpha value is -1.91. The SMILES string of the molecule is O=C1N(Cc2cccc(Cl)c2)C[C@@H]2C[C@@H](c3ccncc3)N3CCC[C@@]123. The van der Waals surface area contributed by atoms with Crippen molar-refractivity contribution in [3.05, 3.63) is 64.9 Å². The molecule has 1 amide bonds. The van der Waals surface area contributed by atoms with Crippen LogP contribution < -0.4 is 0 Å². The molecule has 134 valence electrons. The van der Waals surface area contributed by atoms with E-state index in [4.69, 9.17) is 11.6 Å². The van der Waals surface area contributed by atoms with Gasteiger partial charge in [-0.05, 0) is 61.2 Å². The third-order valence-corrected chi connectivity index (χ3v) is 6.72. The normalized spacial score (nSPS) is 30.7. The van der Waals surface area contributed by atoms with Crippen molar-refractivity contribution in [3.63, 3.8) is 0 Å². The molecule has 26 heavy (non-hydrogen) atoms. The molecule has 1 spiro atoms. The van der Waals surface area contributed by atoms with Crippen LogP contribution in [0.15, 0.2) is 48.8 Å². The van der Waals surface area contributed by atoms with Gasteiger partial charge in [-0.25, -0.2) is 0 Å². The van der Waals surface area contributed by atoms with E-state index in [1.165, 1.54) is 5.56 Å². The summed E-state index contributed by atoms with van der Waals surface area (Å²) in [6.45, 7) is 2.52. The van der Waals surface area contributed by atoms with E-state index in [2.05, 4.69) is 33.0 Å². The Labute approximate surface area is 158 Å². The first-order chi connectivity index (χ1) is 12.7. The van der Waals surface area contributed by atoms with Gasteiger partial charge in [0.15, 0.2) is 0 Å². The van der Waals surface area contributed by atoms with Crippen molar-refractivity contribution in [2.24, 2.45) is 5.92 Å². The van der Waals surface area contributed by atoms with Gasteiger partial charge in [-0.2, -0.15) is 0 Å². The first-order valence-corrected chi connectivity index (χ1v) is 9.77. The number of benzene rings is 1. The van der Waals surface area contributed by atoms with Gasteiger partial charge in [-0.1, -0.05) is 23.7 Å². The summed E-state index contributed by atoms with van der Waals surface area (Å²) in [7, 11) is 0. The molecule has 3 aliphatic heterocycles. The highest BCUT2D eigenvalue weighted by Gasteiger charge is 2.64. The fourth-order valence-electron chi connectivity index (χ4n) is 5.47. The van der Waals surface area contributed by atoms with Gasteiger partial charge in [0.05, 0.1) is 0 Å². The summed E-state index contributed by atoms with van der Waals surface area (Å²) in [5.74, 6) is 0.728. The monoisotopic (exact) mass is 367 g/mol. The van der Waals surface area contributed by atoms with Gasteiger partial charge in [0.25, 0.3) is 0 Å². The van der Waals surface area contributed by atoms with Crippen molar-refractivity contribution in [1.82, 2.24) is 14.8 Å². The highest BCUT2D eigenvalue weighted by molar-refractivity contribution is 6.30. The molecular weight excluding hydrogens is 346 g/mol. The summed E-state index contributed by atoms with van der Waals surface area (Å²) in [6, 6.07) is 12.4. The molecule has 1 aromatic carbocycles. The second-order valence-electron chi connectivity index (χ2n) is 7.77. The second-order valence-corrected chi connectivity index (χ2v) is 8.20. The Morgan fingerprint density at radius 3 is 2.88 bits per heavy atom. The topological polar surface area (TPSA) is 36.4 Å². The molecule has 1 aromatic heterocycles. The van der Waals surface area contributed by atoms with Gasteiger partial charge in [0.2, 0.25) is 5.91 Å². The smallest absolute Gasteiger partial charge is 0.243 e. The van der Waals surface area contributed by atoms with Crippen LogP contribution in [-0.4, -0.2) is 39.3 Å². The van der Waals surface area contributed by atoms with Gasteiger partial charge >= 0.3 is 0 Å². The van der Waals surface area contributed by atoms with E-state index in [0.717, 1.165) is 42.9 Å². The molecule has 3 aliphatic rings. The van der Waals surface area contributed by atoms with Gasteiger partial charge in [0, 0.05) is 42.5 Å². The van der Waals surface area contributed by atoms with Crippen LogP contribution in [0.25, 0.3) is 0 Å². The summed E-state index contributed by atoms with van der Waals surface area (Å²) < 4.78 is 0. The van der Waals surface area contributed by atoms with E-state index in [0.29, 0.717) is 24.4 Å². The number of nitrogens with zero attached hydrogens (tertiary/aromatic N) is 3. The van der Waals surface area contributed by atoms with Gasteiger partial charge in [-0.15, -0.1) is 0 Å². The zero-order valence-corrected chi connectivity index (χ0v) is 15.4. The number of halogens is 1. The molecular formula is C21H22ClN3O. The van der Waals surface area contributed by atoms with Gasteiger partial charge in [0.1, 0.15) is 5.54 Å². The van der Waals surface area contributed by atoms with Crippen molar-refractivity contribution in [1.29, 1.82) is 0 Å². The van der Waals surface area contributed by atoms with E-state index >= 15 is 0 Å². The molecule has 4 heterocycles. The number of likely N-dealkylation sites (tertiary alicyclic amines) is 1. The van der Waals surface area contributed by atoms with Crippen molar-refractivity contribution in [2.45, 2.75) is 37.4 Å². The third-order valence-electron chi connectivity index (χ3n) is 6.48. The van der Waals surface area contributed by atoms with E-state index in [-0.39, 0.29) is 5.54 Å². The second kappa shape index (κ2) is 6.07. The predicted octanol–water partition coefficient (Wildman–Crippen LogP) is 3.67. The minimum atomic E-state index is -0.285. The molecule has 2 aromatic rings. The summed E-state index contributed by atoms with van der Waals surface area (Å²) in [5.41, 5.74) is 2.12. The summed E-state index contributed by atoms with van der Waals surface area (Å²) >= 11 is 6.12. The van der Waals surface area contributed by atoms with Gasteiger partial charge < -0.3 is 4.90 Å². The molecule has 3 saturated heterocycles. The molecule has 4 nitrogen and oxygen atoms in total. The zero-order chi connectivity index (χ0) is 17.7. The van der Waals surface area contributed by atoms with Crippen molar-refractivity contribution >= 4 is 17.5 Å². The maximum Gasteiger partial charge on any atom is 0.243 e. The van der Waals surface area contributed by atoms with E-state index in [1.807, 2.05) is 30.6 Å². The molecule has 5 rings (SSSR count). The summed E-state index contributed by atoms with van der Waals surface area (Å²) in [4.78, 5) is 22.2. The highest BCUT2D eigenvalue weighted by atomic mass is 35.5. The number of hydrogen-bond donors (Lipinski definition) is 0. The number of pyridine rings is 1. The van der Waals surface area contributed by atoms with Crippen LogP contribution in [0.5, 0.6) is 0 Å². The summed E-state index contributed by atoms with van der Waals surface area (Å²) in [6.07, 6.45) is 6.87. The molecule has 5 heteroatoms. The standard InChI is InChI=1S/C21H22ClN3O/c22-18-4-1-3-15(11-18)13-24-14-17-12-19(16-5-8-23-9-6-16)25-10-2-7-21(17,25)20(24)26/h1,3-6,8-9,11,17,19H,2,7,10,12-14H2/t17-,19-,21-/m0/s1. The number of hydrogen-bond acceptors (Lipinski definition) is 3. The third kappa shape index (κ3) is 2.32. The fourth-order valence-corrected chi connectivity index (χ4v) is 5.69. The Bertz CT molecular complexity index is 842. The lowest BCUT2D eigenvalue weighted by Crippen LogP contribution is -2.49. The maximum absolute atomic E-state index is 13.5. The number of aromatic nitrogens is 1. The van der Waals surface area contributed by atoms with Crippen LogP contribution in [0.4, 0.5) is 0 Å². The Balaban J connectivity index is 1.43. The molecule has 0 N–H and O–H groups in total. The van der Waals surface area contributed by atoms with Crippen LogP contribution in [0.2, 0.25) is 5.02 Å². The van der Waals surface area contributed by atoms with Crippen LogP contribution in [0.1, 0.15) is 36.4 Å². The Kier molecular flexibility index (Phi) is 3.80. The molecule has 0 unspecified atom stereocenters. The van der Waals surface area contributed by atoms with Crippen LogP contribution in [-0.2, 0) is 11.3 Å². The number of carbonyl (C=O) groups is 1. The molecule has 0 saturated carbocycles. The Morgan fingerprint density at radius 2 is 2.08 bits per heavy atom.